The number of rotatable bonds is 9. The number of halogens is 2. The number of likely N-dealkylation sites (tertiary alicyclic amines) is 1. The van der Waals surface area contributed by atoms with Gasteiger partial charge >= 0.3 is 5.97 Å². The Kier molecular flexibility index (Phi) is 7.08. The number of fused-ring (bicyclic) bond motifs is 1. The van der Waals surface area contributed by atoms with E-state index in [1.807, 2.05) is 22.8 Å². The van der Waals surface area contributed by atoms with Crippen LogP contribution in [0.2, 0.25) is 5.02 Å². The molecule has 3 fully saturated rings. The third-order valence-electron chi connectivity index (χ3n) is 8.67. The van der Waals surface area contributed by atoms with Crippen LogP contribution in [-0.2, 0) is 23.2 Å². The third-order valence-corrected chi connectivity index (χ3v) is 8.90. The Labute approximate surface area is 247 Å². The first-order valence-corrected chi connectivity index (χ1v) is 14.8. The molecule has 1 aromatic carbocycles. The molecule has 1 aliphatic carbocycles. The average Bonchev–Trinajstić information content (AvgIpc) is 3.68. The number of hydrogen-bond acceptors (Lipinski definition) is 7. The van der Waals surface area contributed by atoms with Gasteiger partial charge in [-0.1, -0.05) is 23.7 Å². The highest BCUT2D eigenvalue weighted by Gasteiger charge is 2.49. The van der Waals surface area contributed by atoms with Crippen molar-refractivity contribution in [2.75, 3.05) is 19.7 Å². The van der Waals surface area contributed by atoms with Crippen molar-refractivity contribution in [2.45, 2.75) is 62.8 Å². The molecule has 0 bridgehead atoms. The van der Waals surface area contributed by atoms with Gasteiger partial charge < -0.3 is 19.1 Å². The van der Waals surface area contributed by atoms with E-state index in [0.29, 0.717) is 40.7 Å². The lowest BCUT2D eigenvalue weighted by Gasteiger charge is -2.32. The van der Waals surface area contributed by atoms with Gasteiger partial charge in [-0.2, -0.15) is 0 Å². The standard InChI is InChI=1S/C31H31ClFN5O4/c32-19-4-5-22(23(33)16-19)31(11-12-31)26-2-1-3-28(36-26)42-20-8-13-37(14-9-20)18-27-34-24-6-7-25(30(39)40)35-29(24)38(27)17-21-10-15-41-21/h1-7,16,20-21H,8-15,17-18H2,(H,39,40)/t21-/m0/s1. The highest BCUT2D eigenvalue weighted by atomic mass is 35.5. The van der Waals surface area contributed by atoms with Gasteiger partial charge in [0.15, 0.2) is 11.3 Å². The predicted octanol–water partition coefficient (Wildman–Crippen LogP) is 5.23. The van der Waals surface area contributed by atoms with Crippen LogP contribution < -0.4 is 4.74 Å². The van der Waals surface area contributed by atoms with Crippen molar-refractivity contribution in [1.29, 1.82) is 0 Å². The summed E-state index contributed by atoms with van der Waals surface area (Å²) in [6, 6.07) is 13.8. The fourth-order valence-electron chi connectivity index (χ4n) is 6.08. The molecule has 9 nitrogen and oxygen atoms in total. The lowest BCUT2D eigenvalue weighted by Crippen LogP contribution is -2.39. The maximum absolute atomic E-state index is 14.8. The van der Waals surface area contributed by atoms with E-state index in [9.17, 15) is 14.3 Å². The highest BCUT2D eigenvalue weighted by molar-refractivity contribution is 6.30. The summed E-state index contributed by atoms with van der Waals surface area (Å²) in [5, 5.41) is 9.83. The van der Waals surface area contributed by atoms with Crippen molar-refractivity contribution in [3.63, 3.8) is 0 Å². The van der Waals surface area contributed by atoms with E-state index in [1.54, 1.807) is 18.2 Å². The van der Waals surface area contributed by atoms with Gasteiger partial charge in [-0.05, 0) is 62.4 Å². The quantitative estimate of drug-likeness (QED) is 0.282. The number of aromatic nitrogens is 4. The summed E-state index contributed by atoms with van der Waals surface area (Å²) in [4.78, 5) is 27.9. The van der Waals surface area contributed by atoms with Crippen LogP contribution in [0.3, 0.4) is 0 Å². The topological polar surface area (TPSA) is 103 Å². The summed E-state index contributed by atoms with van der Waals surface area (Å²) in [6.45, 7) is 3.61. The van der Waals surface area contributed by atoms with Gasteiger partial charge in [0.1, 0.15) is 23.3 Å². The summed E-state index contributed by atoms with van der Waals surface area (Å²) in [5.74, 6) is 0.0626. The van der Waals surface area contributed by atoms with E-state index < -0.39 is 11.4 Å². The minimum absolute atomic E-state index is 0.00581. The lowest BCUT2D eigenvalue weighted by molar-refractivity contribution is -0.0593. The molecule has 2 saturated heterocycles. The number of ether oxygens (including phenoxy) is 2. The number of carbonyl (C=O) groups is 1. The maximum atomic E-state index is 14.8. The second-order valence-corrected chi connectivity index (χ2v) is 11.9. The van der Waals surface area contributed by atoms with E-state index in [-0.39, 0.29) is 23.7 Å². The molecule has 42 heavy (non-hydrogen) atoms. The SMILES string of the molecule is O=C(O)c1ccc2nc(CN3CCC(Oc4cccc(C5(c6ccc(Cl)cc6F)CC5)n4)CC3)n(C[C@@H]3CCO3)c2n1. The van der Waals surface area contributed by atoms with E-state index >= 15 is 0 Å². The average molecular weight is 592 g/mol. The van der Waals surface area contributed by atoms with Crippen LogP contribution in [0.4, 0.5) is 4.39 Å². The Balaban J connectivity index is 1.02. The van der Waals surface area contributed by atoms with E-state index in [1.165, 1.54) is 12.1 Å². The molecule has 3 aromatic heterocycles. The Morgan fingerprint density at radius 1 is 1.10 bits per heavy atom. The van der Waals surface area contributed by atoms with Gasteiger partial charge in [0, 0.05) is 41.8 Å². The van der Waals surface area contributed by atoms with Gasteiger partial charge in [0.2, 0.25) is 5.88 Å². The molecular weight excluding hydrogens is 561 g/mol. The number of aromatic carboxylic acids is 1. The van der Waals surface area contributed by atoms with Gasteiger partial charge in [0.05, 0.1) is 24.9 Å². The molecule has 2 aliphatic heterocycles. The number of pyridine rings is 2. The van der Waals surface area contributed by atoms with Crippen LogP contribution in [0, 0.1) is 5.82 Å². The second kappa shape index (κ2) is 10.9. The minimum atomic E-state index is -1.06. The molecule has 218 valence electrons. The number of benzene rings is 1. The lowest BCUT2D eigenvalue weighted by atomic mass is 9.91. The Morgan fingerprint density at radius 3 is 2.60 bits per heavy atom. The summed E-state index contributed by atoms with van der Waals surface area (Å²) in [5.41, 5.74) is 2.31. The Morgan fingerprint density at radius 2 is 1.90 bits per heavy atom. The largest absolute Gasteiger partial charge is 0.477 e. The maximum Gasteiger partial charge on any atom is 0.354 e. The monoisotopic (exact) mass is 591 g/mol. The molecule has 0 spiro atoms. The smallest absolute Gasteiger partial charge is 0.354 e. The Hall–Kier alpha value is -3.60. The number of hydrogen-bond donors (Lipinski definition) is 1. The van der Waals surface area contributed by atoms with E-state index in [4.69, 9.17) is 31.0 Å². The second-order valence-electron chi connectivity index (χ2n) is 11.4. The van der Waals surface area contributed by atoms with Crippen LogP contribution in [-0.4, -0.2) is 67.4 Å². The molecule has 1 saturated carbocycles. The summed E-state index contributed by atoms with van der Waals surface area (Å²) >= 11 is 5.98. The number of nitrogens with zero attached hydrogens (tertiary/aromatic N) is 5. The summed E-state index contributed by atoms with van der Waals surface area (Å²) < 4.78 is 28.8. The molecule has 0 amide bonds. The van der Waals surface area contributed by atoms with Crippen LogP contribution in [0.15, 0.2) is 48.5 Å². The summed E-state index contributed by atoms with van der Waals surface area (Å²) in [6.07, 6.45) is 4.41. The van der Waals surface area contributed by atoms with Gasteiger partial charge in [0.25, 0.3) is 0 Å². The van der Waals surface area contributed by atoms with Crippen molar-refractivity contribution in [1.82, 2.24) is 24.4 Å². The molecular formula is C31H31ClFN5O4. The van der Waals surface area contributed by atoms with Crippen LogP contribution >= 0.6 is 11.6 Å². The molecule has 0 radical (unpaired) electrons. The van der Waals surface area contributed by atoms with Crippen molar-refractivity contribution < 1.29 is 23.8 Å². The first-order valence-electron chi connectivity index (χ1n) is 14.4. The van der Waals surface area contributed by atoms with E-state index in [0.717, 1.165) is 63.3 Å². The molecule has 0 unspecified atom stereocenters. The summed E-state index contributed by atoms with van der Waals surface area (Å²) in [7, 11) is 0. The Bertz CT molecular complexity index is 1650. The van der Waals surface area contributed by atoms with Crippen molar-refractivity contribution in [3.8, 4) is 5.88 Å². The van der Waals surface area contributed by atoms with Crippen molar-refractivity contribution in [2.24, 2.45) is 0 Å². The fraction of sp³-hybridized carbons (Fsp3) is 0.419. The van der Waals surface area contributed by atoms with Gasteiger partial charge in [-0.15, -0.1) is 0 Å². The number of carboxylic acids is 1. The van der Waals surface area contributed by atoms with Gasteiger partial charge in [-0.3, -0.25) is 4.90 Å². The predicted molar refractivity (Wildman–Crippen MR) is 153 cm³/mol. The number of carboxylic acid groups (broad SMARTS) is 1. The molecule has 1 N–H and O–H groups in total. The minimum Gasteiger partial charge on any atom is -0.477 e. The first-order chi connectivity index (χ1) is 20.4. The molecule has 5 heterocycles. The van der Waals surface area contributed by atoms with Crippen molar-refractivity contribution in [3.05, 3.63) is 82.1 Å². The zero-order valence-corrected chi connectivity index (χ0v) is 23.8. The fourth-order valence-corrected chi connectivity index (χ4v) is 6.24. The molecule has 7 rings (SSSR count). The molecule has 4 aromatic rings. The van der Waals surface area contributed by atoms with Crippen LogP contribution in [0.1, 0.15) is 59.7 Å². The molecule has 1 atom stereocenters. The van der Waals surface area contributed by atoms with E-state index in [2.05, 4.69) is 9.88 Å². The van der Waals surface area contributed by atoms with Crippen LogP contribution in [0.5, 0.6) is 5.88 Å². The first kappa shape index (κ1) is 27.2. The van der Waals surface area contributed by atoms with Crippen molar-refractivity contribution >= 4 is 28.7 Å². The zero-order chi connectivity index (χ0) is 28.8. The normalized spacial score (nSPS) is 20.4. The number of imidazole rings is 1. The number of piperidine rings is 1. The molecule has 11 heteroatoms. The third kappa shape index (κ3) is 5.23. The molecule has 3 aliphatic rings. The van der Waals surface area contributed by atoms with Crippen LogP contribution in [0.25, 0.3) is 11.2 Å². The van der Waals surface area contributed by atoms with Gasteiger partial charge in [-0.25, -0.2) is 24.1 Å². The zero-order valence-electron chi connectivity index (χ0n) is 23.0. The highest BCUT2D eigenvalue weighted by Crippen LogP contribution is 2.54.